The first-order chi connectivity index (χ1) is 13.6. The maximum atomic E-state index is 6.34. The van der Waals surface area contributed by atoms with Gasteiger partial charge in [0.1, 0.15) is 6.23 Å². The Kier molecular flexibility index (Phi) is 6.94. The van der Waals surface area contributed by atoms with Crippen molar-refractivity contribution in [2.45, 2.75) is 40.2 Å². The third-order valence-corrected chi connectivity index (χ3v) is 5.57. The monoisotopic (exact) mass is 382 g/mol. The maximum Gasteiger partial charge on any atom is 0.151 e. The summed E-state index contributed by atoms with van der Waals surface area (Å²) in [6.07, 6.45) is -0.235. The van der Waals surface area contributed by atoms with Gasteiger partial charge in [0.05, 0.1) is 0 Å². The lowest BCUT2D eigenvalue weighted by Crippen LogP contribution is -2.29. The van der Waals surface area contributed by atoms with Gasteiger partial charge < -0.3 is 14.5 Å². The lowest BCUT2D eigenvalue weighted by atomic mass is 10.1. The number of benzene rings is 2. The van der Waals surface area contributed by atoms with Crippen molar-refractivity contribution in [1.82, 2.24) is 10.4 Å². The summed E-state index contributed by atoms with van der Waals surface area (Å²) in [6.45, 7) is 12.8. The average molecular weight is 383 g/mol. The summed E-state index contributed by atoms with van der Waals surface area (Å²) >= 11 is 0. The van der Waals surface area contributed by atoms with E-state index in [0.717, 1.165) is 37.3 Å². The first-order valence-electron chi connectivity index (χ1n) is 10.4. The number of hydrogen-bond acceptors (Lipinski definition) is 5. The van der Waals surface area contributed by atoms with Gasteiger partial charge in [-0.2, -0.15) is 0 Å². The molecule has 28 heavy (non-hydrogen) atoms. The van der Waals surface area contributed by atoms with Crippen LogP contribution in [0, 0.1) is 0 Å². The fraction of sp³-hybridized carbons (Fsp3) is 0.478. The van der Waals surface area contributed by atoms with Crippen LogP contribution in [0.2, 0.25) is 0 Å². The fourth-order valence-corrected chi connectivity index (χ4v) is 3.85. The van der Waals surface area contributed by atoms with E-state index in [1.165, 1.54) is 11.4 Å². The van der Waals surface area contributed by atoms with Crippen molar-refractivity contribution < 1.29 is 4.74 Å². The van der Waals surface area contributed by atoms with Gasteiger partial charge in [-0.05, 0) is 63.1 Å². The quantitative estimate of drug-likeness (QED) is 0.724. The van der Waals surface area contributed by atoms with Gasteiger partial charge in [0, 0.05) is 44.6 Å². The summed E-state index contributed by atoms with van der Waals surface area (Å²) in [5.41, 5.74) is 8.25. The van der Waals surface area contributed by atoms with Crippen LogP contribution < -0.4 is 15.2 Å². The molecule has 1 aliphatic heterocycles. The molecule has 5 heteroatoms. The Balaban J connectivity index is 1.70. The third kappa shape index (κ3) is 4.32. The average Bonchev–Trinajstić information content (AvgIpc) is 3.12. The van der Waals surface area contributed by atoms with Crippen molar-refractivity contribution in [3.63, 3.8) is 0 Å². The highest BCUT2D eigenvalue weighted by Gasteiger charge is 2.32. The third-order valence-electron chi connectivity index (χ3n) is 5.57. The summed E-state index contributed by atoms with van der Waals surface area (Å²) in [5.74, 6) is 0. The van der Waals surface area contributed by atoms with Crippen LogP contribution in [0.15, 0.2) is 48.5 Å². The summed E-state index contributed by atoms with van der Waals surface area (Å²) in [7, 11) is 2.03. The summed E-state index contributed by atoms with van der Waals surface area (Å²) in [5, 5.41) is 2.05. The lowest BCUT2D eigenvalue weighted by Gasteiger charge is -2.22. The highest BCUT2D eigenvalue weighted by atomic mass is 16.6. The zero-order valence-corrected chi connectivity index (χ0v) is 17.9. The molecule has 1 aliphatic rings. The molecule has 2 aromatic carbocycles. The normalized spacial score (nSPS) is 19.8. The van der Waals surface area contributed by atoms with Gasteiger partial charge in [0.2, 0.25) is 0 Å². The summed E-state index contributed by atoms with van der Waals surface area (Å²) in [4.78, 5) is 4.70. The predicted octanol–water partition coefficient (Wildman–Crippen LogP) is 4.54. The number of hydrogen-bond donors (Lipinski definition) is 1. The minimum atomic E-state index is -0.136. The van der Waals surface area contributed by atoms with Crippen LogP contribution in [0.3, 0.4) is 0 Å². The van der Waals surface area contributed by atoms with Crippen molar-refractivity contribution in [3.8, 4) is 0 Å². The molecule has 0 spiro atoms. The van der Waals surface area contributed by atoms with Crippen molar-refractivity contribution in [2.24, 2.45) is 0 Å². The maximum absolute atomic E-state index is 6.34. The lowest BCUT2D eigenvalue weighted by molar-refractivity contribution is 0.00560. The molecule has 1 saturated heterocycles. The SMILES string of the molecule is CCN(CC)c1ccc(C2NN(C)C(c3ccc(N(CC)CC)cc3)O2)cc1. The highest BCUT2D eigenvalue weighted by Crippen LogP contribution is 2.34. The molecular weight excluding hydrogens is 348 g/mol. The molecule has 2 aromatic rings. The van der Waals surface area contributed by atoms with E-state index in [4.69, 9.17) is 4.74 Å². The zero-order chi connectivity index (χ0) is 20.1. The van der Waals surface area contributed by atoms with Gasteiger partial charge in [0.15, 0.2) is 6.23 Å². The molecule has 1 fully saturated rings. The molecular formula is C23H34N4O. The summed E-state index contributed by atoms with van der Waals surface area (Å²) in [6, 6.07) is 17.4. The molecule has 2 unspecified atom stereocenters. The van der Waals surface area contributed by atoms with Gasteiger partial charge in [-0.25, -0.2) is 10.4 Å². The number of hydrazine groups is 1. The molecule has 0 aliphatic carbocycles. The second kappa shape index (κ2) is 9.41. The smallest absolute Gasteiger partial charge is 0.151 e. The molecule has 152 valence electrons. The molecule has 0 radical (unpaired) electrons. The van der Waals surface area contributed by atoms with E-state index in [-0.39, 0.29) is 12.5 Å². The number of ether oxygens (including phenoxy) is 1. The van der Waals surface area contributed by atoms with Crippen molar-refractivity contribution in [3.05, 3.63) is 59.7 Å². The Morgan fingerprint density at radius 1 is 0.750 bits per heavy atom. The van der Waals surface area contributed by atoms with Crippen LogP contribution in [0.25, 0.3) is 0 Å². The number of nitrogens with zero attached hydrogens (tertiary/aromatic N) is 3. The molecule has 0 amide bonds. The Labute approximate surface area is 169 Å². The Morgan fingerprint density at radius 3 is 1.61 bits per heavy atom. The van der Waals surface area contributed by atoms with Gasteiger partial charge in [-0.1, -0.05) is 24.3 Å². The van der Waals surface area contributed by atoms with Crippen molar-refractivity contribution in [1.29, 1.82) is 0 Å². The summed E-state index contributed by atoms with van der Waals surface area (Å²) < 4.78 is 6.34. The predicted molar refractivity (Wildman–Crippen MR) is 117 cm³/mol. The van der Waals surface area contributed by atoms with E-state index in [1.807, 2.05) is 7.05 Å². The zero-order valence-electron chi connectivity index (χ0n) is 17.9. The largest absolute Gasteiger partial charge is 0.372 e. The topological polar surface area (TPSA) is 31.0 Å². The highest BCUT2D eigenvalue weighted by molar-refractivity contribution is 5.48. The molecule has 0 bridgehead atoms. The number of anilines is 2. The Hall–Kier alpha value is -2.08. The van der Waals surface area contributed by atoms with Crippen LogP contribution >= 0.6 is 0 Å². The minimum absolute atomic E-state index is 0.0989. The second-order valence-corrected chi connectivity index (χ2v) is 7.14. The van der Waals surface area contributed by atoms with E-state index in [0.29, 0.717) is 0 Å². The van der Waals surface area contributed by atoms with Crippen molar-refractivity contribution in [2.75, 3.05) is 43.0 Å². The van der Waals surface area contributed by atoms with Gasteiger partial charge in [0.25, 0.3) is 0 Å². The molecule has 0 aromatic heterocycles. The van der Waals surface area contributed by atoms with Crippen LogP contribution in [-0.4, -0.2) is 38.2 Å². The molecule has 0 saturated carbocycles. The first-order valence-corrected chi connectivity index (χ1v) is 10.4. The standard InChI is InChI=1S/C23H34N4O/c1-6-26(7-2)20-14-10-18(11-15-20)22-24-25(5)23(28-22)19-12-16-21(17-13-19)27(8-3)9-4/h10-17,22-24H,6-9H2,1-5H3. The second-order valence-electron chi connectivity index (χ2n) is 7.14. The van der Waals surface area contributed by atoms with E-state index in [2.05, 4.69) is 96.5 Å². The van der Waals surface area contributed by atoms with E-state index in [1.54, 1.807) is 0 Å². The number of rotatable bonds is 8. The van der Waals surface area contributed by atoms with Gasteiger partial charge >= 0.3 is 0 Å². The van der Waals surface area contributed by atoms with Gasteiger partial charge in [-0.3, -0.25) is 0 Å². The Bertz CT molecular complexity index is 723. The first kappa shape index (κ1) is 20.6. The molecule has 1 heterocycles. The van der Waals surface area contributed by atoms with Crippen LogP contribution in [0.4, 0.5) is 11.4 Å². The van der Waals surface area contributed by atoms with E-state index >= 15 is 0 Å². The van der Waals surface area contributed by atoms with Gasteiger partial charge in [-0.15, -0.1) is 0 Å². The van der Waals surface area contributed by atoms with Crippen molar-refractivity contribution >= 4 is 11.4 Å². The molecule has 2 atom stereocenters. The van der Waals surface area contributed by atoms with Crippen LogP contribution in [0.1, 0.15) is 51.3 Å². The van der Waals surface area contributed by atoms with Crippen LogP contribution in [0.5, 0.6) is 0 Å². The molecule has 1 N–H and O–H groups in total. The molecule has 3 rings (SSSR count). The molecule has 5 nitrogen and oxygen atoms in total. The van der Waals surface area contributed by atoms with E-state index in [9.17, 15) is 0 Å². The van der Waals surface area contributed by atoms with E-state index < -0.39 is 0 Å². The van der Waals surface area contributed by atoms with Crippen LogP contribution in [-0.2, 0) is 4.74 Å². The minimum Gasteiger partial charge on any atom is -0.372 e. The fourth-order valence-electron chi connectivity index (χ4n) is 3.85. The Morgan fingerprint density at radius 2 is 1.18 bits per heavy atom. The number of nitrogens with one attached hydrogen (secondary N) is 1.